The van der Waals surface area contributed by atoms with E-state index >= 15 is 0 Å². The number of nitrogens with one attached hydrogen (secondary N) is 1. The summed E-state index contributed by atoms with van der Waals surface area (Å²) in [6.45, 7) is 6.03. The molecular formula is C19H22N4O. The molecule has 0 amide bonds. The van der Waals surface area contributed by atoms with Gasteiger partial charge in [0, 0.05) is 23.7 Å². The van der Waals surface area contributed by atoms with Crippen LogP contribution in [0.25, 0.3) is 11.3 Å². The standard InChI is InChI=1S/C19H22N4O/c1-13-18(14(2)24-22-13)17-9-6-10-23(17)12-16-11-20-21-19(16)15-7-4-3-5-8-15/h3-5,7-8,11,17H,6,9-10,12H2,1-2H3,(H,20,21)/t17-/m0/s1. The maximum absolute atomic E-state index is 5.39. The van der Waals surface area contributed by atoms with Crippen molar-refractivity contribution in [1.82, 2.24) is 20.3 Å². The third-order valence-electron chi connectivity index (χ3n) is 4.94. The lowest BCUT2D eigenvalue weighted by molar-refractivity contribution is 0.246. The van der Waals surface area contributed by atoms with Crippen molar-refractivity contribution in [3.05, 3.63) is 59.1 Å². The lowest BCUT2D eigenvalue weighted by atomic mass is 10.0. The highest BCUT2D eigenvalue weighted by Gasteiger charge is 2.31. The number of H-pyrrole nitrogens is 1. The molecule has 4 rings (SSSR count). The number of hydrogen-bond donors (Lipinski definition) is 1. The van der Waals surface area contributed by atoms with Crippen LogP contribution in [-0.4, -0.2) is 26.8 Å². The first-order valence-corrected chi connectivity index (χ1v) is 8.48. The number of hydrogen-bond acceptors (Lipinski definition) is 4. The smallest absolute Gasteiger partial charge is 0.138 e. The monoisotopic (exact) mass is 322 g/mol. The average Bonchev–Trinajstić information content (AvgIpc) is 3.31. The minimum absolute atomic E-state index is 0.384. The van der Waals surface area contributed by atoms with Gasteiger partial charge in [-0.25, -0.2) is 0 Å². The minimum Gasteiger partial charge on any atom is -0.361 e. The summed E-state index contributed by atoms with van der Waals surface area (Å²) in [5.41, 5.74) is 5.80. The Morgan fingerprint density at radius 3 is 2.83 bits per heavy atom. The summed E-state index contributed by atoms with van der Waals surface area (Å²) in [4.78, 5) is 2.52. The molecule has 1 fully saturated rings. The van der Waals surface area contributed by atoms with Gasteiger partial charge in [0.1, 0.15) is 5.76 Å². The molecule has 24 heavy (non-hydrogen) atoms. The second-order valence-electron chi connectivity index (χ2n) is 6.50. The second-order valence-corrected chi connectivity index (χ2v) is 6.50. The lowest BCUT2D eigenvalue weighted by Crippen LogP contribution is -2.23. The van der Waals surface area contributed by atoms with Crippen molar-refractivity contribution in [3.8, 4) is 11.3 Å². The van der Waals surface area contributed by atoms with E-state index in [0.717, 1.165) is 36.7 Å². The Hall–Kier alpha value is -2.40. The molecule has 1 aliphatic heterocycles. The number of benzene rings is 1. The third-order valence-corrected chi connectivity index (χ3v) is 4.94. The van der Waals surface area contributed by atoms with Crippen LogP contribution >= 0.6 is 0 Å². The van der Waals surface area contributed by atoms with Gasteiger partial charge in [0.2, 0.25) is 0 Å². The van der Waals surface area contributed by atoms with E-state index in [4.69, 9.17) is 4.52 Å². The Morgan fingerprint density at radius 2 is 2.08 bits per heavy atom. The SMILES string of the molecule is Cc1noc(C)c1[C@@H]1CCCN1Cc1cn[nH]c1-c1ccccc1. The molecule has 0 saturated carbocycles. The highest BCUT2D eigenvalue weighted by atomic mass is 16.5. The highest BCUT2D eigenvalue weighted by Crippen LogP contribution is 2.37. The largest absolute Gasteiger partial charge is 0.361 e. The summed E-state index contributed by atoms with van der Waals surface area (Å²) >= 11 is 0. The molecule has 5 nitrogen and oxygen atoms in total. The number of likely N-dealkylation sites (tertiary alicyclic amines) is 1. The molecule has 3 heterocycles. The molecule has 1 atom stereocenters. The van der Waals surface area contributed by atoms with Gasteiger partial charge in [0.15, 0.2) is 0 Å². The summed E-state index contributed by atoms with van der Waals surface area (Å²) in [5, 5.41) is 11.6. The predicted molar refractivity (Wildman–Crippen MR) is 92.4 cm³/mol. The zero-order chi connectivity index (χ0) is 16.5. The van der Waals surface area contributed by atoms with Gasteiger partial charge in [-0.3, -0.25) is 10.00 Å². The zero-order valence-electron chi connectivity index (χ0n) is 14.1. The van der Waals surface area contributed by atoms with Crippen molar-refractivity contribution in [3.63, 3.8) is 0 Å². The Labute approximate surface area is 141 Å². The molecule has 5 heteroatoms. The van der Waals surface area contributed by atoms with Crippen LogP contribution in [0, 0.1) is 13.8 Å². The summed E-state index contributed by atoms with van der Waals surface area (Å²) in [6.07, 6.45) is 4.31. The van der Waals surface area contributed by atoms with Crippen molar-refractivity contribution >= 4 is 0 Å². The van der Waals surface area contributed by atoms with Crippen molar-refractivity contribution in [2.45, 2.75) is 39.3 Å². The fourth-order valence-corrected chi connectivity index (χ4v) is 3.81. The van der Waals surface area contributed by atoms with E-state index in [-0.39, 0.29) is 0 Å². The van der Waals surface area contributed by atoms with Gasteiger partial charge >= 0.3 is 0 Å². The molecule has 1 aromatic carbocycles. The summed E-state index contributed by atoms with van der Waals surface area (Å²) < 4.78 is 5.39. The summed E-state index contributed by atoms with van der Waals surface area (Å²) in [5.74, 6) is 0.944. The predicted octanol–water partition coefficient (Wildman–Crippen LogP) is 4.02. The van der Waals surface area contributed by atoms with Crippen molar-refractivity contribution in [2.24, 2.45) is 0 Å². The van der Waals surface area contributed by atoms with Crippen LogP contribution < -0.4 is 0 Å². The molecule has 0 aliphatic carbocycles. The van der Waals surface area contributed by atoms with Crippen LogP contribution in [0.1, 0.15) is 41.5 Å². The van der Waals surface area contributed by atoms with E-state index in [1.165, 1.54) is 23.1 Å². The molecule has 0 radical (unpaired) electrons. The molecule has 2 aromatic heterocycles. The Balaban J connectivity index is 1.61. The Bertz CT molecular complexity index is 802. The first kappa shape index (κ1) is 15.1. The Morgan fingerprint density at radius 1 is 1.25 bits per heavy atom. The van der Waals surface area contributed by atoms with Gasteiger partial charge in [-0.15, -0.1) is 0 Å². The van der Waals surface area contributed by atoms with E-state index in [1.54, 1.807) is 0 Å². The number of aromatic nitrogens is 3. The fourth-order valence-electron chi connectivity index (χ4n) is 3.81. The van der Waals surface area contributed by atoms with E-state index in [2.05, 4.69) is 44.5 Å². The molecular weight excluding hydrogens is 300 g/mol. The molecule has 0 bridgehead atoms. The van der Waals surface area contributed by atoms with Gasteiger partial charge in [-0.2, -0.15) is 5.10 Å². The van der Waals surface area contributed by atoms with Crippen molar-refractivity contribution < 1.29 is 4.52 Å². The van der Waals surface area contributed by atoms with Crippen LogP contribution in [0.2, 0.25) is 0 Å². The summed E-state index contributed by atoms with van der Waals surface area (Å²) in [6, 6.07) is 10.8. The van der Waals surface area contributed by atoms with Gasteiger partial charge in [0.05, 0.1) is 17.6 Å². The molecule has 1 aliphatic rings. The third kappa shape index (κ3) is 2.65. The maximum Gasteiger partial charge on any atom is 0.138 e. The number of nitrogens with zero attached hydrogens (tertiary/aromatic N) is 3. The normalized spacial score (nSPS) is 18.3. The summed E-state index contributed by atoms with van der Waals surface area (Å²) in [7, 11) is 0. The number of rotatable bonds is 4. The van der Waals surface area contributed by atoms with Crippen molar-refractivity contribution in [2.75, 3.05) is 6.54 Å². The van der Waals surface area contributed by atoms with Gasteiger partial charge in [0.25, 0.3) is 0 Å². The minimum atomic E-state index is 0.384. The van der Waals surface area contributed by atoms with Crippen molar-refractivity contribution in [1.29, 1.82) is 0 Å². The van der Waals surface area contributed by atoms with Gasteiger partial charge < -0.3 is 4.52 Å². The molecule has 0 unspecified atom stereocenters. The second kappa shape index (κ2) is 6.24. The first-order valence-electron chi connectivity index (χ1n) is 8.48. The van der Waals surface area contributed by atoms with Gasteiger partial charge in [-0.1, -0.05) is 35.5 Å². The number of aryl methyl sites for hydroxylation is 2. The first-order chi connectivity index (χ1) is 11.7. The molecule has 0 spiro atoms. The molecule has 124 valence electrons. The molecule has 1 saturated heterocycles. The average molecular weight is 322 g/mol. The lowest BCUT2D eigenvalue weighted by Gasteiger charge is -2.24. The maximum atomic E-state index is 5.39. The quantitative estimate of drug-likeness (QED) is 0.788. The van der Waals surface area contributed by atoms with Crippen LogP contribution in [0.15, 0.2) is 41.1 Å². The highest BCUT2D eigenvalue weighted by molar-refractivity contribution is 5.62. The van der Waals surface area contributed by atoms with Crippen LogP contribution in [0.5, 0.6) is 0 Å². The molecule has 1 N–H and O–H groups in total. The van der Waals surface area contributed by atoms with Crippen LogP contribution in [-0.2, 0) is 6.54 Å². The number of aromatic amines is 1. The van der Waals surface area contributed by atoms with E-state index in [1.807, 2.05) is 26.1 Å². The zero-order valence-corrected chi connectivity index (χ0v) is 14.1. The fraction of sp³-hybridized carbons (Fsp3) is 0.368. The van der Waals surface area contributed by atoms with E-state index in [0.29, 0.717) is 6.04 Å². The van der Waals surface area contributed by atoms with Crippen LogP contribution in [0.4, 0.5) is 0 Å². The van der Waals surface area contributed by atoms with Crippen LogP contribution in [0.3, 0.4) is 0 Å². The topological polar surface area (TPSA) is 58.0 Å². The van der Waals surface area contributed by atoms with E-state index < -0.39 is 0 Å². The Kier molecular flexibility index (Phi) is 3.94. The molecule has 3 aromatic rings. The van der Waals surface area contributed by atoms with E-state index in [9.17, 15) is 0 Å². The van der Waals surface area contributed by atoms with Gasteiger partial charge in [-0.05, 0) is 38.8 Å².